The lowest BCUT2D eigenvalue weighted by Crippen LogP contribution is -2.12. The number of Topliss-reactive ketones (excluding diaryl/α,β-unsaturated/α-hetero) is 1. The van der Waals surface area contributed by atoms with E-state index in [0.717, 1.165) is 6.92 Å². The van der Waals surface area contributed by atoms with E-state index in [-0.39, 0.29) is 4.47 Å². The lowest BCUT2D eigenvalue weighted by molar-refractivity contribution is -0.138. The number of carbonyl (C=O) groups excluding carboxylic acids is 1. The molecule has 0 heterocycles. The van der Waals surface area contributed by atoms with Crippen molar-refractivity contribution in [1.29, 1.82) is 0 Å². The number of rotatable bonds is 2. The van der Waals surface area contributed by atoms with Crippen molar-refractivity contribution in [3.05, 3.63) is 33.3 Å². The van der Waals surface area contributed by atoms with Gasteiger partial charge in [0.1, 0.15) is 0 Å². The van der Waals surface area contributed by atoms with E-state index in [4.69, 9.17) is 0 Å². The van der Waals surface area contributed by atoms with Crippen LogP contribution in [0.4, 0.5) is 22.0 Å². The lowest BCUT2D eigenvalue weighted by Gasteiger charge is -2.14. The minimum absolute atomic E-state index is 0.371. The first kappa shape index (κ1) is 14.1. The van der Waals surface area contributed by atoms with E-state index in [0.29, 0.717) is 12.1 Å². The molecular formula is C10H6BrF5O. The van der Waals surface area contributed by atoms with Gasteiger partial charge in [-0.2, -0.15) is 13.2 Å². The van der Waals surface area contributed by atoms with Crippen molar-refractivity contribution in [1.82, 2.24) is 0 Å². The SMILES string of the molecule is CC(=O)c1cc(C(F)F)c(Br)cc1C(F)(F)F. The predicted molar refractivity (Wildman–Crippen MR) is 54.1 cm³/mol. The van der Waals surface area contributed by atoms with E-state index in [1.165, 1.54) is 0 Å². The standard InChI is InChI=1S/C10H6BrF5O/c1-4(17)5-2-6(9(12)13)8(11)3-7(5)10(14,15)16/h2-3,9H,1H3. The summed E-state index contributed by atoms with van der Waals surface area (Å²) in [6.45, 7) is 0.897. The number of alkyl halides is 5. The first-order chi connectivity index (χ1) is 7.64. The Balaban J connectivity index is 3.53. The van der Waals surface area contributed by atoms with E-state index in [2.05, 4.69) is 15.9 Å². The zero-order valence-corrected chi connectivity index (χ0v) is 9.99. The highest BCUT2D eigenvalue weighted by molar-refractivity contribution is 9.10. The van der Waals surface area contributed by atoms with E-state index in [1.807, 2.05) is 0 Å². The number of carbonyl (C=O) groups is 1. The minimum atomic E-state index is -4.76. The van der Waals surface area contributed by atoms with Gasteiger partial charge in [-0.05, 0) is 19.1 Å². The fraction of sp³-hybridized carbons (Fsp3) is 0.300. The number of benzene rings is 1. The third-order valence-electron chi connectivity index (χ3n) is 2.06. The second kappa shape index (κ2) is 4.72. The predicted octanol–water partition coefficient (Wildman–Crippen LogP) is 4.61. The van der Waals surface area contributed by atoms with Crippen molar-refractivity contribution in [2.75, 3.05) is 0 Å². The van der Waals surface area contributed by atoms with Crippen LogP contribution in [0.5, 0.6) is 0 Å². The molecule has 1 rings (SSSR count). The fourth-order valence-corrected chi connectivity index (χ4v) is 1.80. The molecular weight excluding hydrogens is 311 g/mol. The van der Waals surface area contributed by atoms with Crippen molar-refractivity contribution >= 4 is 21.7 Å². The van der Waals surface area contributed by atoms with Gasteiger partial charge in [0.25, 0.3) is 6.43 Å². The summed E-state index contributed by atoms with van der Waals surface area (Å²) < 4.78 is 62.3. The van der Waals surface area contributed by atoms with Crippen molar-refractivity contribution in [3.63, 3.8) is 0 Å². The number of ketones is 1. The molecule has 94 valence electrons. The molecule has 1 aromatic carbocycles. The Kier molecular flexibility index (Phi) is 3.91. The third kappa shape index (κ3) is 3.02. The molecule has 1 aromatic rings. The van der Waals surface area contributed by atoms with Crippen LogP contribution in [-0.4, -0.2) is 5.78 Å². The zero-order valence-electron chi connectivity index (χ0n) is 8.41. The summed E-state index contributed by atoms with van der Waals surface area (Å²) in [6.07, 6.45) is -7.71. The second-order valence-electron chi connectivity index (χ2n) is 3.27. The van der Waals surface area contributed by atoms with Gasteiger partial charge in [-0.25, -0.2) is 8.78 Å². The van der Waals surface area contributed by atoms with Crippen LogP contribution in [0.3, 0.4) is 0 Å². The molecule has 0 saturated carbocycles. The van der Waals surface area contributed by atoms with Gasteiger partial charge in [0.05, 0.1) is 5.56 Å². The highest BCUT2D eigenvalue weighted by Crippen LogP contribution is 2.38. The molecule has 7 heteroatoms. The van der Waals surface area contributed by atoms with Crippen molar-refractivity contribution in [3.8, 4) is 0 Å². The highest BCUT2D eigenvalue weighted by Gasteiger charge is 2.35. The molecule has 0 radical (unpaired) electrons. The molecule has 0 bridgehead atoms. The van der Waals surface area contributed by atoms with Gasteiger partial charge >= 0.3 is 6.18 Å². The normalized spacial score (nSPS) is 12.0. The van der Waals surface area contributed by atoms with E-state index in [9.17, 15) is 26.7 Å². The fourth-order valence-electron chi connectivity index (χ4n) is 1.28. The van der Waals surface area contributed by atoms with Crippen molar-refractivity contribution in [2.24, 2.45) is 0 Å². The van der Waals surface area contributed by atoms with Crippen LogP contribution in [0, 0.1) is 0 Å². The average Bonchev–Trinajstić information content (AvgIpc) is 2.14. The van der Waals surface area contributed by atoms with Gasteiger partial charge in [-0.1, -0.05) is 15.9 Å². The monoisotopic (exact) mass is 316 g/mol. The number of halogens is 6. The molecule has 0 spiro atoms. The maximum atomic E-state index is 12.6. The van der Waals surface area contributed by atoms with Crippen LogP contribution in [0.2, 0.25) is 0 Å². The maximum Gasteiger partial charge on any atom is 0.417 e. The first-order valence-corrected chi connectivity index (χ1v) is 5.13. The molecule has 17 heavy (non-hydrogen) atoms. The van der Waals surface area contributed by atoms with Crippen LogP contribution >= 0.6 is 15.9 Å². The zero-order chi connectivity index (χ0) is 13.4. The minimum Gasteiger partial charge on any atom is -0.294 e. The Morgan fingerprint density at radius 2 is 1.82 bits per heavy atom. The summed E-state index contributed by atoms with van der Waals surface area (Å²) in [5.74, 6) is -0.910. The molecule has 0 N–H and O–H groups in total. The van der Waals surface area contributed by atoms with E-state index >= 15 is 0 Å². The van der Waals surface area contributed by atoms with Crippen molar-refractivity contribution in [2.45, 2.75) is 19.5 Å². The number of hydrogen-bond acceptors (Lipinski definition) is 1. The molecule has 0 amide bonds. The van der Waals surface area contributed by atoms with Crippen LogP contribution in [0.25, 0.3) is 0 Å². The highest BCUT2D eigenvalue weighted by atomic mass is 79.9. The molecule has 0 aliphatic rings. The van der Waals surface area contributed by atoms with Gasteiger partial charge in [-0.3, -0.25) is 4.79 Å². The van der Waals surface area contributed by atoms with Gasteiger partial charge in [0.2, 0.25) is 0 Å². The molecule has 0 aromatic heterocycles. The summed E-state index contributed by atoms with van der Waals surface area (Å²) in [5, 5.41) is 0. The molecule has 0 atom stereocenters. The van der Waals surface area contributed by atoms with Gasteiger partial charge < -0.3 is 0 Å². The summed E-state index contributed by atoms with van der Waals surface area (Å²) in [5.41, 5.74) is -2.61. The Morgan fingerprint density at radius 1 is 1.29 bits per heavy atom. The Bertz CT molecular complexity index is 453. The van der Waals surface area contributed by atoms with Gasteiger partial charge in [0, 0.05) is 15.6 Å². The molecule has 0 saturated heterocycles. The Hall–Kier alpha value is -0.980. The maximum absolute atomic E-state index is 12.6. The summed E-state index contributed by atoms with van der Waals surface area (Å²) in [7, 11) is 0. The molecule has 0 unspecified atom stereocenters. The van der Waals surface area contributed by atoms with Gasteiger partial charge in [0.15, 0.2) is 5.78 Å². The first-order valence-electron chi connectivity index (χ1n) is 4.34. The largest absolute Gasteiger partial charge is 0.417 e. The topological polar surface area (TPSA) is 17.1 Å². The Labute approximate surface area is 102 Å². The van der Waals surface area contributed by atoms with Gasteiger partial charge in [-0.15, -0.1) is 0 Å². The summed E-state index contributed by atoms with van der Waals surface area (Å²) in [4.78, 5) is 11.0. The third-order valence-corrected chi connectivity index (χ3v) is 2.74. The quantitative estimate of drug-likeness (QED) is 0.575. The van der Waals surface area contributed by atoms with Crippen LogP contribution in [-0.2, 0) is 6.18 Å². The van der Waals surface area contributed by atoms with E-state index < -0.39 is 35.1 Å². The Morgan fingerprint density at radius 3 is 2.18 bits per heavy atom. The number of hydrogen-bond donors (Lipinski definition) is 0. The van der Waals surface area contributed by atoms with Crippen molar-refractivity contribution < 1.29 is 26.7 Å². The van der Waals surface area contributed by atoms with Crippen LogP contribution in [0.1, 0.15) is 34.8 Å². The van der Waals surface area contributed by atoms with Crippen LogP contribution < -0.4 is 0 Å². The molecule has 0 fully saturated rings. The summed E-state index contributed by atoms with van der Waals surface area (Å²) in [6, 6.07) is 1.07. The average molecular weight is 317 g/mol. The summed E-state index contributed by atoms with van der Waals surface area (Å²) >= 11 is 2.63. The molecule has 0 aliphatic carbocycles. The smallest absolute Gasteiger partial charge is 0.294 e. The lowest BCUT2D eigenvalue weighted by atomic mass is 10.0. The molecule has 1 nitrogen and oxygen atoms in total. The van der Waals surface area contributed by atoms with Crippen LogP contribution in [0.15, 0.2) is 16.6 Å². The second-order valence-corrected chi connectivity index (χ2v) is 4.13. The molecule has 0 aliphatic heterocycles. The van der Waals surface area contributed by atoms with E-state index in [1.54, 1.807) is 0 Å².